The normalized spacial score (nSPS) is 18.0. The average Bonchev–Trinajstić information content (AvgIpc) is 2.63. The number of nitrogens with zero attached hydrogens (tertiary/aromatic N) is 1. The Hall–Kier alpha value is -1.06. The van der Waals surface area contributed by atoms with Crippen LogP contribution in [0.2, 0.25) is 0 Å². The zero-order valence-electron chi connectivity index (χ0n) is 10.6. The fraction of sp³-hybridized carbons (Fsp3) is 0.462. The maximum atomic E-state index is 12.3. The van der Waals surface area contributed by atoms with E-state index in [0.29, 0.717) is 0 Å². The van der Waals surface area contributed by atoms with E-state index in [1.807, 2.05) is 27.7 Å². The molecule has 0 aromatic rings. The SMILES string of the molecule is CC(C)N(C(=O)[C]1[CH][CH][CH][C]1C(=O)O)C(C)C. The number of aliphatic carboxylic acids is 1. The summed E-state index contributed by atoms with van der Waals surface area (Å²) >= 11 is 0. The van der Waals surface area contributed by atoms with Gasteiger partial charge in [-0.2, -0.15) is 0 Å². The Morgan fingerprint density at radius 1 is 1.06 bits per heavy atom. The molecule has 1 aliphatic rings. The third-order valence-corrected chi connectivity index (χ3v) is 2.62. The van der Waals surface area contributed by atoms with Gasteiger partial charge in [0, 0.05) is 12.1 Å². The fourth-order valence-corrected chi connectivity index (χ4v) is 2.00. The number of carbonyl (C=O) groups excluding carboxylic acids is 1. The predicted molar refractivity (Wildman–Crippen MR) is 64.1 cm³/mol. The Labute approximate surface area is 103 Å². The van der Waals surface area contributed by atoms with Crippen LogP contribution in [0.1, 0.15) is 27.7 Å². The second kappa shape index (κ2) is 5.52. The van der Waals surface area contributed by atoms with Gasteiger partial charge in [-0.25, -0.2) is 0 Å². The summed E-state index contributed by atoms with van der Waals surface area (Å²) in [5.74, 6) is -0.954. The van der Waals surface area contributed by atoms with E-state index in [9.17, 15) is 9.59 Å². The van der Waals surface area contributed by atoms with Crippen LogP contribution in [0.4, 0.5) is 0 Å². The molecular formula is C13H18NO3. The summed E-state index contributed by atoms with van der Waals surface area (Å²) < 4.78 is 0. The average molecular weight is 236 g/mol. The lowest BCUT2D eigenvalue weighted by atomic mass is 9.93. The van der Waals surface area contributed by atoms with Crippen LogP contribution in [0.25, 0.3) is 0 Å². The van der Waals surface area contributed by atoms with Crippen molar-refractivity contribution in [3.8, 4) is 0 Å². The highest BCUT2D eigenvalue weighted by Crippen LogP contribution is 2.35. The Morgan fingerprint density at radius 3 is 1.94 bits per heavy atom. The van der Waals surface area contributed by atoms with E-state index in [-0.39, 0.29) is 29.8 Å². The summed E-state index contributed by atoms with van der Waals surface area (Å²) in [5, 5.41) is 8.99. The maximum Gasteiger partial charge on any atom is 0.312 e. The molecule has 1 saturated carbocycles. The lowest BCUT2D eigenvalue weighted by Gasteiger charge is -2.33. The van der Waals surface area contributed by atoms with Crippen LogP contribution in [0, 0.1) is 31.1 Å². The van der Waals surface area contributed by atoms with Crippen molar-refractivity contribution in [2.24, 2.45) is 0 Å². The number of carboxylic acids is 1. The monoisotopic (exact) mass is 236 g/mol. The summed E-state index contributed by atoms with van der Waals surface area (Å²) in [5.41, 5.74) is 0. The van der Waals surface area contributed by atoms with Crippen molar-refractivity contribution in [1.82, 2.24) is 4.90 Å². The van der Waals surface area contributed by atoms with Gasteiger partial charge in [0.15, 0.2) is 0 Å². The quantitative estimate of drug-likeness (QED) is 0.804. The van der Waals surface area contributed by atoms with Crippen molar-refractivity contribution in [2.75, 3.05) is 0 Å². The summed E-state index contributed by atoms with van der Waals surface area (Å²) in [7, 11) is 0. The molecule has 5 radical (unpaired) electrons. The van der Waals surface area contributed by atoms with Crippen molar-refractivity contribution >= 4 is 11.9 Å². The second-order valence-corrected chi connectivity index (χ2v) is 4.56. The van der Waals surface area contributed by atoms with Gasteiger partial charge in [0.1, 0.15) is 5.92 Å². The van der Waals surface area contributed by atoms with Gasteiger partial charge in [0.2, 0.25) is 5.91 Å². The van der Waals surface area contributed by atoms with Crippen LogP contribution < -0.4 is 0 Å². The molecular weight excluding hydrogens is 218 g/mol. The second-order valence-electron chi connectivity index (χ2n) is 4.56. The topological polar surface area (TPSA) is 57.6 Å². The number of amides is 1. The number of rotatable bonds is 4. The van der Waals surface area contributed by atoms with Crippen LogP contribution in [-0.2, 0) is 9.59 Å². The molecule has 1 N–H and O–H groups in total. The highest BCUT2D eigenvalue weighted by Gasteiger charge is 2.42. The molecule has 4 nitrogen and oxygen atoms in total. The van der Waals surface area contributed by atoms with Gasteiger partial charge in [-0.15, -0.1) is 0 Å². The molecule has 0 aliphatic heterocycles. The van der Waals surface area contributed by atoms with E-state index in [2.05, 4.69) is 0 Å². The first-order valence-electron chi connectivity index (χ1n) is 5.68. The number of hydrogen-bond donors (Lipinski definition) is 1. The molecule has 0 aromatic heterocycles. The zero-order valence-corrected chi connectivity index (χ0v) is 10.6. The molecule has 0 saturated heterocycles. The van der Waals surface area contributed by atoms with Crippen molar-refractivity contribution in [2.45, 2.75) is 39.8 Å². The molecule has 1 amide bonds. The van der Waals surface area contributed by atoms with Gasteiger partial charge in [-0.3, -0.25) is 9.59 Å². The molecule has 1 fully saturated rings. The molecule has 0 heterocycles. The number of carbonyl (C=O) groups is 2. The number of carboxylic acid groups (broad SMARTS) is 1. The van der Waals surface area contributed by atoms with E-state index < -0.39 is 5.97 Å². The summed E-state index contributed by atoms with van der Waals surface area (Å²) in [4.78, 5) is 24.9. The molecule has 4 heteroatoms. The lowest BCUT2D eigenvalue weighted by Crippen LogP contribution is -2.45. The van der Waals surface area contributed by atoms with Crippen molar-refractivity contribution < 1.29 is 14.7 Å². The molecule has 0 spiro atoms. The molecule has 1 aliphatic carbocycles. The Bertz CT molecular complexity index is 291. The smallest absolute Gasteiger partial charge is 0.312 e. The van der Waals surface area contributed by atoms with Crippen molar-refractivity contribution in [3.05, 3.63) is 31.1 Å². The highest BCUT2D eigenvalue weighted by molar-refractivity contribution is 6.08. The van der Waals surface area contributed by atoms with Gasteiger partial charge < -0.3 is 10.0 Å². The summed E-state index contributed by atoms with van der Waals surface area (Å²) in [6.07, 6.45) is 4.60. The van der Waals surface area contributed by atoms with E-state index in [0.717, 1.165) is 0 Å². The molecule has 17 heavy (non-hydrogen) atoms. The minimum absolute atomic E-state index is 0.0408. The van der Waals surface area contributed by atoms with Gasteiger partial charge in [-0.05, 0) is 47.0 Å². The minimum Gasteiger partial charge on any atom is -0.481 e. The molecule has 0 atom stereocenters. The largest absolute Gasteiger partial charge is 0.481 e. The van der Waals surface area contributed by atoms with Gasteiger partial charge in [0.25, 0.3) is 0 Å². The Morgan fingerprint density at radius 2 is 1.53 bits per heavy atom. The van der Waals surface area contributed by atoms with Gasteiger partial charge in [-0.1, -0.05) is 0 Å². The number of hydrogen-bond acceptors (Lipinski definition) is 2. The summed E-state index contributed by atoms with van der Waals surface area (Å²) in [6, 6.07) is 0.0816. The van der Waals surface area contributed by atoms with E-state index in [1.54, 1.807) is 17.7 Å². The van der Waals surface area contributed by atoms with E-state index >= 15 is 0 Å². The lowest BCUT2D eigenvalue weighted by molar-refractivity contribution is -0.137. The molecule has 0 aromatic carbocycles. The summed E-state index contributed by atoms with van der Waals surface area (Å²) in [6.45, 7) is 7.67. The molecule has 1 rings (SSSR count). The van der Waals surface area contributed by atoms with E-state index in [1.165, 1.54) is 6.42 Å². The first kappa shape index (κ1) is 14.0. The molecule has 0 bridgehead atoms. The van der Waals surface area contributed by atoms with Crippen LogP contribution >= 0.6 is 0 Å². The van der Waals surface area contributed by atoms with Gasteiger partial charge in [0.05, 0.1) is 5.92 Å². The maximum absolute atomic E-state index is 12.3. The highest BCUT2D eigenvalue weighted by atomic mass is 16.4. The standard InChI is InChI=1S/C13H18NO3/c1-8(2)14(9(3)4)12(15)10-6-5-7-11(10)13(16)17/h5-9H,1-4H3,(H,16,17). The van der Waals surface area contributed by atoms with Crippen LogP contribution in [-0.4, -0.2) is 34.0 Å². The third kappa shape index (κ3) is 2.99. The molecule has 0 unspecified atom stereocenters. The first-order valence-corrected chi connectivity index (χ1v) is 5.68. The predicted octanol–water partition coefficient (Wildman–Crippen LogP) is 1.49. The van der Waals surface area contributed by atoms with Crippen LogP contribution in [0.3, 0.4) is 0 Å². The van der Waals surface area contributed by atoms with Gasteiger partial charge >= 0.3 is 5.97 Å². The molecule has 93 valence electrons. The minimum atomic E-state index is -1.06. The van der Waals surface area contributed by atoms with Crippen molar-refractivity contribution in [1.29, 1.82) is 0 Å². The van der Waals surface area contributed by atoms with Crippen LogP contribution in [0.15, 0.2) is 0 Å². The third-order valence-electron chi connectivity index (χ3n) is 2.62. The zero-order chi connectivity index (χ0) is 13.2. The van der Waals surface area contributed by atoms with Crippen molar-refractivity contribution in [3.63, 3.8) is 0 Å². The Kier molecular flexibility index (Phi) is 4.54. The first-order chi connectivity index (χ1) is 7.86. The van der Waals surface area contributed by atoms with Crippen LogP contribution in [0.5, 0.6) is 0 Å². The van der Waals surface area contributed by atoms with E-state index in [4.69, 9.17) is 5.11 Å². The Balaban J connectivity index is 2.83. The fourth-order valence-electron chi connectivity index (χ4n) is 2.00.